The number of aromatic hydroxyl groups is 1. The molecule has 1 aromatic heterocycles. The van der Waals surface area contributed by atoms with E-state index in [0.29, 0.717) is 50.9 Å². The first-order valence-electron chi connectivity index (χ1n) is 32.0. The number of rotatable bonds is 25. The lowest BCUT2D eigenvalue weighted by Crippen LogP contribution is -2.63. The van der Waals surface area contributed by atoms with Crippen molar-refractivity contribution in [3.05, 3.63) is 131 Å². The molecule has 0 aliphatic carbocycles. The molecule has 0 unspecified atom stereocenters. The molecule has 1 saturated heterocycles. The van der Waals surface area contributed by atoms with Crippen molar-refractivity contribution >= 4 is 87.7 Å². The van der Waals surface area contributed by atoms with Gasteiger partial charge in [0, 0.05) is 76.3 Å². The minimum absolute atomic E-state index is 0.0139. The number of likely N-dealkylation sites (tertiary alicyclic amines) is 1. The van der Waals surface area contributed by atoms with Crippen LogP contribution in [0, 0.1) is 5.82 Å². The molecule has 1 fully saturated rings. The van der Waals surface area contributed by atoms with E-state index in [9.17, 15) is 52.6 Å². The standard InChI is InChI=1S/C68H85FN14O15/c1-8-48(61(91)79-53(29-40-15-20-46(98-7)21-16-40)66(96)83-26-10-25-68(83,5)67(97)81-50(58(71)88)28-39-13-18-45(85)19-14-39)77-64(94)55-23-24-57(87)73-34-42-12-9-11-41(27-42)30-51(63(93)80-54(65(95)82(55)6)31-43-35-72-49-22-17-44(69)32-47(43)49)78-60(90)37(3)74-59(89)36(2)75-62(92)52(33-56(70)86)76-38(4)84/h9,11-22,27,32,35-37,48,50-55,72,85H,8,10,23-26,28-31,33-34H2,1-7H3,(H2,70,86)(H2,71,88)(H,73,87)(H,74,89)(H,75,92)(H,76,84)(H,77,94)(H,78,90)(H,79,91)(H,80,93)(H,81,97)/t36-,37+,48-,50-,51-,52-,53-,54-,55-,68-/m0/s1. The van der Waals surface area contributed by atoms with Gasteiger partial charge in [0.05, 0.1) is 13.5 Å². The summed E-state index contributed by atoms with van der Waals surface area (Å²) in [6.07, 6.45) is -0.116. The molecule has 15 N–H and O–H groups in total. The molecular weight excluding hydrogens is 1270 g/mol. The van der Waals surface area contributed by atoms with E-state index in [2.05, 4.69) is 52.8 Å². The third-order valence-corrected chi connectivity index (χ3v) is 17.4. The van der Waals surface area contributed by atoms with E-state index >= 15 is 19.2 Å². The highest BCUT2D eigenvalue weighted by Gasteiger charge is 2.49. The summed E-state index contributed by atoms with van der Waals surface area (Å²) in [7, 11) is 2.73. The van der Waals surface area contributed by atoms with Crippen molar-refractivity contribution in [2.45, 2.75) is 165 Å². The summed E-state index contributed by atoms with van der Waals surface area (Å²) in [6.45, 7) is 6.81. The molecule has 5 aromatic rings. The van der Waals surface area contributed by atoms with Crippen LogP contribution in [-0.4, -0.2) is 177 Å². The number of hydrogen-bond acceptors (Lipinski definition) is 15. The number of hydrogen-bond donors (Lipinski definition) is 13. The van der Waals surface area contributed by atoms with Crippen molar-refractivity contribution in [1.82, 2.24) is 62.6 Å². The number of benzene rings is 4. The zero-order valence-corrected chi connectivity index (χ0v) is 55.5. The van der Waals surface area contributed by atoms with Gasteiger partial charge in [0.25, 0.3) is 0 Å². The Kier molecular flexibility index (Phi) is 25.6. The minimum Gasteiger partial charge on any atom is -0.508 e. The molecule has 0 spiro atoms. The Bertz CT molecular complexity index is 3800. The monoisotopic (exact) mass is 1360 g/mol. The van der Waals surface area contributed by atoms with Gasteiger partial charge in [-0.25, -0.2) is 4.39 Å². The van der Waals surface area contributed by atoms with Crippen LogP contribution in [-0.2, 0) is 94.6 Å². The average Bonchev–Trinajstić information content (AvgIpc) is 1.59. The van der Waals surface area contributed by atoms with Crippen molar-refractivity contribution in [3.8, 4) is 11.5 Å². The molecule has 4 aromatic carbocycles. The number of aromatic nitrogens is 1. The van der Waals surface area contributed by atoms with Gasteiger partial charge in [0.15, 0.2) is 0 Å². The number of halogens is 1. The van der Waals surface area contributed by atoms with Crippen LogP contribution in [0.3, 0.4) is 0 Å². The molecule has 0 saturated carbocycles. The maximum atomic E-state index is 15.4. The largest absolute Gasteiger partial charge is 0.508 e. The Morgan fingerprint density at radius 1 is 0.765 bits per heavy atom. The lowest BCUT2D eigenvalue weighted by Gasteiger charge is -2.37. The summed E-state index contributed by atoms with van der Waals surface area (Å²) in [4.78, 5) is 186. The number of nitrogens with zero attached hydrogens (tertiary/aromatic N) is 2. The Labute approximate surface area is 564 Å². The minimum atomic E-state index is -1.62. The fraction of sp³-hybridized carbons (Fsp3) is 0.426. The lowest BCUT2D eigenvalue weighted by atomic mass is 9.94. The Hall–Kier alpha value is -10.9. The number of amides is 13. The molecule has 0 radical (unpaired) electrons. The molecule has 7 rings (SSSR count). The highest BCUT2D eigenvalue weighted by Crippen LogP contribution is 2.31. The molecule has 2 aliphatic rings. The van der Waals surface area contributed by atoms with Crippen LogP contribution in [0.4, 0.5) is 4.39 Å². The van der Waals surface area contributed by atoms with E-state index in [1.807, 2.05) is 0 Å². The van der Waals surface area contributed by atoms with Gasteiger partial charge in [-0.05, 0) is 117 Å². The molecule has 98 heavy (non-hydrogen) atoms. The Morgan fingerprint density at radius 2 is 1.41 bits per heavy atom. The number of phenolic OH excluding ortho intramolecular Hbond substituents is 1. The maximum Gasteiger partial charge on any atom is 0.246 e. The van der Waals surface area contributed by atoms with Crippen LogP contribution in [0.5, 0.6) is 11.5 Å². The van der Waals surface area contributed by atoms with Crippen molar-refractivity contribution in [1.29, 1.82) is 0 Å². The molecule has 524 valence electrons. The maximum absolute atomic E-state index is 15.4. The van der Waals surface area contributed by atoms with E-state index < -0.39 is 149 Å². The fourth-order valence-corrected chi connectivity index (χ4v) is 11.8. The zero-order valence-electron chi connectivity index (χ0n) is 55.5. The van der Waals surface area contributed by atoms with Gasteiger partial charge in [-0.2, -0.15) is 0 Å². The number of aromatic amines is 1. The molecular formula is C68H85FN14O15. The highest BCUT2D eigenvalue weighted by atomic mass is 19.1. The van der Waals surface area contributed by atoms with Gasteiger partial charge in [-0.15, -0.1) is 0 Å². The summed E-state index contributed by atoms with van der Waals surface area (Å²) >= 11 is 0. The van der Waals surface area contributed by atoms with E-state index in [1.54, 1.807) is 67.6 Å². The van der Waals surface area contributed by atoms with E-state index in [4.69, 9.17) is 16.2 Å². The molecule has 30 heteroatoms. The molecule has 10 atom stereocenters. The van der Waals surface area contributed by atoms with Crippen molar-refractivity contribution in [3.63, 3.8) is 0 Å². The molecule has 2 aliphatic heterocycles. The van der Waals surface area contributed by atoms with Gasteiger partial charge in [0.1, 0.15) is 77.2 Å². The number of carbonyl (C=O) groups excluding carboxylic acids is 13. The first kappa shape index (κ1) is 74.5. The van der Waals surface area contributed by atoms with Crippen molar-refractivity contribution in [2.75, 3.05) is 20.7 Å². The third-order valence-electron chi connectivity index (χ3n) is 17.4. The highest BCUT2D eigenvalue weighted by molar-refractivity contribution is 6.01. The van der Waals surface area contributed by atoms with Gasteiger partial charge < -0.3 is 83.9 Å². The van der Waals surface area contributed by atoms with Gasteiger partial charge in [-0.3, -0.25) is 62.3 Å². The Morgan fingerprint density at radius 3 is 2.06 bits per heavy atom. The quantitative estimate of drug-likeness (QED) is 0.0354. The first-order chi connectivity index (χ1) is 46.5. The second-order valence-corrected chi connectivity index (χ2v) is 24.8. The third kappa shape index (κ3) is 19.8. The van der Waals surface area contributed by atoms with Crippen molar-refractivity contribution < 1.29 is 76.6 Å². The van der Waals surface area contributed by atoms with Gasteiger partial charge >= 0.3 is 0 Å². The van der Waals surface area contributed by atoms with E-state index in [0.717, 1.165) is 11.8 Å². The predicted molar refractivity (Wildman–Crippen MR) is 353 cm³/mol. The number of carbonyl (C=O) groups is 13. The molecule has 3 heterocycles. The van der Waals surface area contributed by atoms with E-state index in [1.165, 1.54) is 76.4 Å². The average molecular weight is 1360 g/mol. The van der Waals surface area contributed by atoms with Crippen LogP contribution < -0.4 is 64.1 Å². The fourth-order valence-electron chi connectivity index (χ4n) is 11.8. The molecule has 13 amide bonds. The predicted octanol–water partition coefficient (Wildman–Crippen LogP) is -0.381. The molecule has 2 bridgehead atoms. The SMILES string of the molecule is CC[C@H](NC(=O)[C@@H]1CCC(=O)NCc2cccc(c2)C[C@H](NC(=O)[C@@H](C)NC(=O)[C@H](C)NC(=O)[C@H](CC(N)=O)NC(C)=O)C(=O)N[C@@H](Cc2c[nH]c3ccc(F)cc23)C(=O)N1C)C(=O)N[C@@H](Cc1ccc(OC)cc1)C(=O)N1CCC[C@@]1(C)C(=O)N[C@@H](Cc1ccc(O)cc1)C(N)=O. The Balaban J connectivity index is 1.16. The number of phenols is 1. The summed E-state index contributed by atoms with van der Waals surface area (Å²) < 4.78 is 20.3. The van der Waals surface area contributed by atoms with Gasteiger partial charge in [0.2, 0.25) is 76.8 Å². The van der Waals surface area contributed by atoms with Crippen molar-refractivity contribution in [2.24, 2.45) is 11.5 Å². The summed E-state index contributed by atoms with van der Waals surface area (Å²) in [5.41, 5.74) is 12.5. The van der Waals surface area contributed by atoms with Crippen LogP contribution in [0.1, 0.15) is 101 Å². The summed E-state index contributed by atoms with van der Waals surface area (Å²) in [6, 6.07) is 10.3. The summed E-state index contributed by atoms with van der Waals surface area (Å²) in [5.74, 6) is -10.8. The first-order valence-corrected chi connectivity index (χ1v) is 32.0. The summed E-state index contributed by atoms with van der Waals surface area (Å²) in [5, 5.41) is 33.7. The molecule has 29 nitrogen and oxygen atoms in total. The van der Waals surface area contributed by atoms with Crippen LogP contribution in [0.25, 0.3) is 10.9 Å². The van der Waals surface area contributed by atoms with Crippen LogP contribution in [0.2, 0.25) is 0 Å². The number of ether oxygens (including phenoxy) is 1. The van der Waals surface area contributed by atoms with E-state index in [-0.39, 0.29) is 70.2 Å². The number of H-pyrrole nitrogens is 1. The zero-order chi connectivity index (χ0) is 71.7. The normalized spacial score (nSPS) is 19.3. The lowest BCUT2D eigenvalue weighted by molar-refractivity contribution is -0.147. The second kappa shape index (κ2) is 33.6. The smallest absolute Gasteiger partial charge is 0.246 e. The van der Waals surface area contributed by atoms with Crippen LogP contribution >= 0.6 is 0 Å². The second-order valence-electron chi connectivity index (χ2n) is 24.8. The number of fused-ring (bicyclic) bond motifs is 3. The van der Waals surface area contributed by atoms with Crippen LogP contribution in [0.15, 0.2) is 97.2 Å². The van der Waals surface area contributed by atoms with Gasteiger partial charge in [-0.1, -0.05) is 55.5 Å². The number of likely N-dealkylation sites (N-methyl/N-ethyl adjacent to an activating group) is 1. The number of nitrogens with one attached hydrogen (secondary N) is 10. The number of methoxy groups -OCH3 is 1. The number of nitrogens with two attached hydrogens (primary N) is 2. The number of primary amides is 2. The topological polar surface area (TPSA) is 434 Å².